The van der Waals surface area contributed by atoms with Gasteiger partial charge < -0.3 is 4.74 Å². The summed E-state index contributed by atoms with van der Waals surface area (Å²) in [5.74, 6) is 0.746. The van der Waals surface area contributed by atoms with Crippen molar-refractivity contribution in [2.45, 2.75) is 33.2 Å². The fourth-order valence-electron chi connectivity index (χ4n) is 0.826. The van der Waals surface area contributed by atoms with Gasteiger partial charge in [0.05, 0.1) is 11.8 Å². The Kier molecular flexibility index (Phi) is 1.55. The molecule has 0 aliphatic carbocycles. The summed E-state index contributed by atoms with van der Waals surface area (Å²) in [5.41, 5.74) is 1.10. The lowest BCUT2D eigenvalue weighted by molar-refractivity contribution is 0.409. The maximum absolute atomic E-state index is 5.11. The van der Waals surface area contributed by atoms with Gasteiger partial charge in [-0.2, -0.15) is 0 Å². The predicted octanol–water partition coefficient (Wildman–Crippen LogP) is 2.12. The van der Waals surface area contributed by atoms with Gasteiger partial charge in [-0.3, -0.25) is 0 Å². The van der Waals surface area contributed by atoms with Crippen LogP contribution in [0.4, 0.5) is 0 Å². The summed E-state index contributed by atoms with van der Waals surface area (Å²) >= 11 is 0. The van der Waals surface area contributed by atoms with Crippen LogP contribution in [0.15, 0.2) is 16.8 Å². The number of nitrogens with zero attached hydrogens (tertiary/aromatic N) is 1. The van der Waals surface area contributed by atoms with E-state index in [0.29, 0.717) is 0 Å². The maximum atomic E-state index is 5.11. The topological polar surface area (TPSA) is 21.6 Å². The van der Waals surface area contributed by atoms with Crippen LogP contribution >= 0.6 is 0 Å². The van der Waals surface area contributed by atoms with Crippen molar-refractivity contribution in [1.82, 2.24) is 0 Å². The van der Waals surface area contributed by atoms with Gasteiger partial charge >= 0.3 is 0 Å². The highest BCUT2D eigenvalue weighted by Crippen LogP contribution is 2.23. The van der Waals surface area contributed by atoms with E-state index in [2.05, 4.69) is 18.8 Å². The predicted molar refractivity (Wildman–Crippen MR) is 42.0 cm³/mol. The number of rotatable bonds is 0. The normalized spacial score (nSPS) is 22.8. The van der Waals surface area contributed by atoms with Crippen LogP contribution in [0.5, 0.6) is 0 Å². The van der Waals surface area contributed by atoms with E-state index in [1.165, 1.54) is 0 Å². The number of aliphatic imine (C=N–C) groups is 1. The van der Waals surface area contributed by atoms with Gasteiger partial charge in [0.2, 0.25) is 0 Å². The highest BCUT2D eigenvalue weighted by Gasteiger charge is 2.22. The third-order valence-corrected chi connectivity index (χ3v) is 1.81. The molecule has 1 heterocycles. The molecule has 2 nitrogen and oxygen atoms in total. The number of hydrogen-bond donors (Lipinski definition) is 0. The first kappa shape index (κ1) is 7.32. The second kappa shape index (κ2) is 2.11. The van der Waals surface area contributed by atoms with E-state index >= 15 is 0 Å². The highest BCUT2D eigenvalue weighted by atomic mass is 16.5. The fourth-order valence-corrected chi connectivity index (χ4v) is 0.826. The molecule has 0 unspecified atom stereocenters. The van der Waals surface area contributed by atoms with E-state index in [-0.39, 0.29) is 5.54 Å². The van der Waals surface area contributed by atoms with Gasteiger partial charge in [0, 0.05) is 6.92 Å². The van der Waals surface area contributed by atoms with Gasteiger partial charge in [-0.15, -0.1) is 0 Å². The Morgan fingerprint density at radius 1 is 1.40 bits per heavy atom. The third-order valence-electron chi connectivity index (χ3n) is 1.81. The Balaban J connectivity index is 2.90. The molecule has 1 aliphatic rings. The van der Waals surface area contributed by atoms with Gasteiger partial charge in [-0.25, -0.2) is 4.99 Å². The fraction of sp³-hybridized carbons (Fsp3) is 0.625. The van der Waals surface area contributed by atoms with Crippen LogP contribution in [0.25, 0.3) is 0 Å². The van der Waals surface area contributed by atoms with Gasteiger partial charge in [0.1, 0.15) is 0 Å². The van der Waals surface area contributed by atoms with Crippen LogP contribution in [0.2, 0.25) is 0 Å². The summed E-state index contributed by atoms with van der Waals surface area (Å²) in [4.78, 5) is 4.32. The molecule has 0 aromatic heterocycles. The molecule has 0 atom stereocenters. The average molecular weight is 139 g/mol. The summed E-state index contributed by atoms with van der Waals surface area (Å²) in [6.45, 7) is 8.04. The smallest absolute Gasteiger partial charge is 0.186 e. The van der Waals surface area contributed by atoms with Crippen molar-refractivity contribution in [2.75, 3.05) is 0 Å². The molecule has 0 fully saturated rings. The van der Waals surface area contributed by atoms with Crippen molar-refractivity contribution in [3.63, 3.8) is 0 Å². The van der Waals surface area contributed by atoms with E-state index in [0.717, 1.165) is 11.5 Å². The number of ether oxygens (including phenoxy) is 1. The van der Waals surface area contributed by atoms with E-state index in [4.69, 9.17) is 4.74 Å². The monoisotopic (exact) mass is 139 g/mol. The van der Waals surface area contributed by atoms with E-state index in [1.807, 2.05) is 13.8 Å². The Morgan fingerprint density at radius 3 is 2.40 bits per heavy atom. The summed E-state index contributed by atoms with van der Waals surface area (Å²) in [6, 6.07) is 0. The Hall–Kier alpha value is -0.790. The zero-order valence-corrected chi connectivity index (χ0v) is 6.93. The Labute approximate surface area is 61.6 Å². The summed E-state index contributed by atoms with van der Waals surface area (Å²) in [7, 11) is 0. The Morgan fingerprint density at radius 2 is 2.00 bits per heavy atom. The molecule has 0 amide bonds. The first-order valence-corrected chi connectivity index (χ1v) is 3.43. The molecule has 0 N–H and O–H groups in total. The van der Waals surface area contributed by atoms with Crippen LogP contribution in [-0.4, -0.2) is 11.4 Å². The second-order valence-electron chi connectivity index (χ2n) is 3.11. The molecule has 0 aromatic carbocycles. The largest absolute Gasteiger partial charge is 0.451 e. The molecular formula is C8H13NO. The molecule has 0 saturated carbocycles. The first-order chi connectivity index (χ1) is 4.52. The second-order valence-corrected chi connectivity index (χ2v) is 3.11. The van der Waals surface area contributed by atoms with E-state index in [1.54, 1.807) is 6.26 Å². The van der Waals surface area contributed by atoms with Gasteiger partial charge in [-0.05, 0) is 26.3 Å². The van der Waals surface area contributed by atoms with Crippen molar-refractivity contribution < 1.29 is 4.74 Å². The Bertz CT molecular complexity index is 201. The lowest BCUT2D eigenvalue weighted by atomic mass is 9.97. The third kappa shape index (κ3) is 1.20. The lowest BCUT2D eigenvalue weighted by Gasteiger charge is -2.24. The van der Waals surface area contributed by atoms with Gasteiger partial charge in [0.15, 0.2) is 5.90 Å². The van der Waals surface area contributed by atoms with Crippen LogP contribution in [0, 0.1) is 0 Å². The van der Waals surface area contributed by atoms with Crippen molar-refractivity contribution >= 4 is 5.90 Å². The quantitative estimate of drug-likeness (QED) is 0.503. The molecule has 1 aliphatic heterocycles. The zero-order valence-electron chi connectivity index (χ0n) is 6.93. The van der Waals surface area contributed by atoms with E-state index < -0.39 is 0 Å². The molecule has 0 bridgehead atoms. The summed E-state index contributed by atoms with van der Waals surface area (Å²) < 4.78 is 5.11. The summed E-state index contributed by atoms with van der Waals surface area (Å²) in [6.07, 6.45) is 1.77. The van der Waals surface area contributed by atoms with Gasteiger partial charge in [0.25, 0.3) is 0 Å². The van der Waals surface area contributed by atoms with Crippen molar-refractivity contribution in [2.24, 2.45) is 4.99 Å². The van der Waals surface area contributed by atoms with Crippen LogP contribution in [0.3, 0.4) is 0 Å². The van der Waals surface area contributed by atoms with Crippen molar-refractivity contribution in [3.8, 4) is 0 Å². The molecule has 56 valence electrons. The standard InChI is InChI=1S/C8H13NO/c1-6-5-10-7(2)9-8(6,3)4/h5H,1-4H3. The van der Waals surface area contributed by atoms with Crippen molar-refractivity contribution in [3.05, 3.63) is 11.8 Å². The van der Waals surface area contributed by atoms with E-state index in [9.17, 15) is 0 Å². The first-order valence-electron chi connectivity index (χ1n) is 3.43. The minimum absolute atomic E-state index is 0.0671. The lowest BCUT2D eigenvalue weighted by Crippen LogP contribution is -2.24. The maximum Gasteiger partial charge on any atom is 0.186 e. The zero-order chi connectivity index (χ0) is 7.78. The number of hydrogen-bond acceptors (Lipinski definition) is 2. The van der Waals surface area contributed by atoms with Crippen LogP contribution in [0.1, 0.15) is 27.7 Å². The molecule has 1 rings (SSSR count). The van der Waals surface area contributed by atoms with Gasteiger partial charge in [-0.1, -0.05) is 0 Å². The molecule has 0 saturated heterocycles. The molecule has 0 radical (unpaired) electrons. The molecular weight excluding hydrogens is 126 g/mol. The minimum Gasteiger partial charge on any atom is -0.451 e. The SMILES string of the molecule is CC1=COC(C)=NC1(C)C. The van der Waals surface area contributed by atoms with Crippen LogP contribution < -0.4 is 0 Å². The molecule has 0 aromatic rings. The average Bonchev–Trinajstić information content (AvgIpc) is 1.78. The highest BCUT2D eigenvalue weighted by molar-refractivity contribution is 5.75. The minimum atomic E-state index is -0.0671. The summed E-state index contributed by atoms with van der Waals surface area (Å²) in [5, 5.41) is 0. The molecule has 10 heavy (non-hydrogen) atoms. The van der Waals surface area contributed by atoms with Crippen molar-refractivity contribution in [1.29, 1.82) is 0 Å². The molecule has 0 spiro atoms. The van der Waals surface area contributed by atoms with Crippen LogP contribution in [-0.2, 0) is 4.74 Å². The molecule has 2 heteroatoms.